The van der Waals surface area contributed by atoms with Gasteiger partial charge >= 0.3 is 0 Å². The lowest BCUT2D eigenvalue weighted by Gasteiger charge is -2.21. The number of carbonyl (C=O) groups excluding carboxylic acids is 2. The third kappa shape index (κ3) is 3.76. The molecule has 1 aromatic rings. The van der Waals surface area contributed by atoms with Gasteiger partial charge in [0.15, 0.2) is 0 Å². The summed E-state index contributed by atoms with van der Waals surface area (Å²) in [6, 6.07) is 5.10. The maximum Gasteiger partial charge on any atom is 0.270 e. The second kappa shape index (κ2) is 6.14. The highest BCUT2D eigenvalue weighted by Gasteiger charge is 2.22. The molecule has 1 aliphatic rings. The molecule has 0 bridgehead atoms. The predicted octanol–water partition coefficient (Wildman–Crippen LogP) is 1.58. The van der Waals surface area contributed by atoms with Gasteiger partial charge in [-0.15, -0.1) is 0 Å². The van der Waals surface area contributed by atoms with Crippen molar-refractivity contribution in [2.24, 2.45) is 0 Å². The summed E-state index contributed by atoms with van der Waals surface area (Å²) < 4.78 is 0.627. The minimum atomic E-state index is -0.222. The van der Waals surface area contributed by atoms with E-state index in [0.29, 0.717) is 23.3 Å². The van der Waals surface area contributed by atoms with Crippen molar-refractivity contribution in [2.45, 2.75) is 25.8 Å². The Bertz CT molecular complexity index is 493. The van der Waals surface area contributed by atoms with E-state index in [0.717, 1.165) is 13.0 Å². The maximum absolute atomic E-state index is 12.0. The summed E-state index contributed by atoms with van der Waals surface area (Å²) in [5, 5.41) is 2.85. The molecule has 5 nitrogen and oxygen atoms in total. The Balaban J connectivity index is 1.89. The number of carbonyl (C=O) groups is 2. The number of hydrogen-bond acceptors (Lipinski definition) is 3. The Labute approximate surface area is 120 Å². The van der Waals surface area contributed by atoms with Crippen LogP contribution in [0.2, 0.25) is 0 Å². The topological polar surface area (TPSA) is 62.3 Å². The van der Waals surface area contributed by atoms with Crippen LogP contribution in [0.25, 0.3) is 0 Å². The molecular formula is C13H16BrN3O2. The summed E-state index contributed by atoms with van der Waals surface area (Å²) in [5.41, 5.74) is 0.369. The highest BCUT2D eigenvalue weighted by molar-refractivity contribution is 9.10. The number of amides is 2. The normalized spacial score (nSPS) is 16.5. The molecule has 1 atom stereocenters. The van der Waals surface area contributed by atoms with Crippen molar-refractivity contribution < 1.29 is 9.59 Å². The van der Waals surface area contributed by atoms with Crippen LogP contribution >= 0.6 is 15.9 Å². The fraction of sp³-hybridized carbons (Fsp3) is 0.462. The Morgan fingerprint density at radius 2 is 2.37 bits per heavy atom. The molecule has 2 heterocycles. The zero-order chi connectivity index (χ0) is 13.8. The van der Waals surface area contributed by atoms with Gasteiger partial charge in [-0.1, -0.05) is 6.07 Å². The first-order valence-electron chi connectivity index (χ1n) is 6.27. The van der Waals surface area contributed by atoms with E-state index in [1.54, 1.807) is 23.1 Å². The van der Waals surface area contributed by atoms with E-state index in [4.69, 9.17) is 0 Å². The molecule has 6 heteroatoms. The van der Waals surface area contributed by atoms with Gasteiger partial charge in [-0.05, 0) is 41.4 Å². The van der Waals surface area contributed by atoms with Crippen LogP contribution in [0.15, 0.2) is 22.8 Å². The molecule has 1 unspecified atom stereocenters. The number of likely N-dealkylation sites (tertiary alicyclic amines) is 1. The summed E-state index contributed by atoms with van der Waals surface area (Å²) in [6.07, 6.45) is 1.53. The van der Waals surface area contributed by atoms with Gasteiger partial charge in [-0.3, -0.25) is 9.59 Å². The van der Waals surface area contributed by atoms with Gasteiger partial charge in [0.05, 0.1) is 0 Å². The lowest BCUT2D eigenvalue weighted by molar-refractivity contribution is -0.127. The molecule has 1 saturated heterocycles. The van der Waals surface area contributed by atoms with Gasteiger partial charge in [0.25, 0.3) is 5.91 Å². The largest absolute Gasteiger partial charge is 0.346 e. The Morgan fingerprint density at radius 1 is 1.58 bits per heavy atom. The molecule has 1 aliphatic heterocycles. The molecule has 0 aliphatic carbocycles. The average molecular weight is 326 g/mol. The summed E-state index contributed by atoms with van der Waals surface area (Å²) in [7, 11) is 0. The Morgan fingerprint density at radius 3 is 3.00 bits per heavy atom. The van der Waals surface area contributed by atoms with Gasteiger partial charge in [0.2, 0.25) is 5.91 Å². The summed E-state index contributed by atoms with van der Waals surface area (Å²) >= 11 is 3.23. The van der Waals surface area contributed by atoms with Crippen molar-refractivity contribution in [3.8, 4) is 0 Å². The number of pyridine rings is 1. The molecule has 0 aromatic carbocycles. The molecule has 0 spiro atoms. The van der Waals surface area contributed by atoms with Crippen molar-refractivity contribution >= 4 is 27.7 Å². The number of rotatable bonds is 4. The van der Waals surface area contributed by atoms with Crippen molar-refractivity contribution in [3.05, 3.63) is 28.5 Å². The standard InChI is InChI=1S/C13H16BrN3O2/c1-9(8-17-7-3-6-12(17)18)15-13(19)10-4-2-5-11(14)16-10/h2,4-5,9H,3,6-8H2,1H3,(H,15,19). The minimum Gasteiger partial charge on any atom is -0.346 e. The number of hydrogen-bond donors (Lipinski definition) is 1. The van der Waals surface area contributed by atoms with Crippen molar-refractivity contribution in [1.82, 2.24) is 15.2 Å². The Hall–Kier alpha value is -1.43. The van der Waals surface area contributed by atoms with Crippen LogP contribution in [0.4, 0.5) is 0 Å². The zero-order valence-corrected chi connectivity index (χ0v) is 12.3. The number of nitrogens with zero attached hydrogens (tertiary/aromatic N) is 2. The third-order valence-electron chi connectivity index (χ3n) is 2.99. The summed E-state index contributed by atoms with van der Waals surface area (Å²) in [4.78, 5) is 29.4. The SMILES string of the molecule is CC(CN1CCCC1=O)NC(=O)c1cccc(Br)n1. The molecular weight excluding hydrogens is 310 g/mol. The molecule has 1 aromatic heterocycles. The van der Waals surface area contributed by atoms with Crippen LogP contribution in [0.5, 0.6) is 0 Å². The molecule has 19 heavy (non-hydrogen) atoms. The molecule has 102 valence electrons. The monoisotopic (exact) mass is 325 g/mol. The van der Waals surface area contributed by atoms with Crippen LogP contribution < -0.4 is 5.32 Å². The quantitative estimate of drug-likeness (QED) is 0.855. The first kappa shape index (κ1) is 14.0. The van der Waals surface area contributed by atoms with Crippen LogP contribution in [-0.4, -0.2) is 40.8 Å². The average Bonchev–Trinajstić information content (AvgIpc) is 2.75. The zero-order valence-electron chi connectivity index (χ0n) is 10.7. The van der Waals surface area contributed by atoms with E-state index >= 15 is 0 Å². The first-order valence-corrected chi connectivity index (χ1v) is 7.07. The molecule has 0 saturated carbocycles. The minimum absolute atomic E-state index is 0.0877. The van der Waals surface area contributed by atoms with Crippen LogP contribution in [0.1, 0.15) is 30.3 Å². The van der Waals surface area contributed by atoms with Gasteiger partial charge in [0.1, 0.15) is 10.3 Å². The molecule has 1 N–H and O–H groups in total. The van der Waals surface area contributed by atoms with E-state index in [1.165, 1.54) is 0 Å². The molecule has 1 fully saturated rings. The third-order valence-corrected chi connectivity index (χ3v) is 3.43. The fourth-order valence-corrected chi connectivity index (χ4v) is 2.45. The number of nitrogens with one attached hydrogen (secondary N) is 1. The van der Waals surface area contributed by atoms with Crippen molar-refractivity contribution in [1.29, 1.82) is 0 Å². The van der Waals surface area contributed by atoms with Crippen LogP contribution in [0.3, 0.4) is 0 Å². The van der Waals surface area contributed by atoms with E-state index < -0.39 is 0 Å². The van der Waals surface area contributed by atoms with Gasteiger partial charge < -0.3 is 10.2 Å². The van der Waals surface area contributed by atoms with Crippen LogP contribution in [0, 0.1) is 0 Å². The number of halogens is 1. The van der Waals surface area contributed by atoms with Gasteiger partial charge in [-0.2, -0.15) is 0 Å². The lowest BCUT2D eigenvalue weighted by Crippen LogP contribution is -2.42. The molecule has 0 radical (unpaired) electrons. The maximum atomic E-state index is 12.0. The van der Waals surface area contributed by atoms with E-state index in [9.17, 15) is 9.59 Å². The summed E-state index contributed by atoms with van der Waals surface area (Å²) in [5.74, 6) is -0.0536. The number of aromatic nitrogens is 1. The van der Waals surface area contributed by atoms with Gasteiger partial charge in [0, 0.05) is 25.6 Å². The summed E-state index contributed by atoms with van der Waals surface area (Å²) in [6.45, 7) is 3.23. The van der Waals surface area contributed by atoms with E-state index in [2.05, 4.69) is 26.2 Å². The highest BCUT2D eigenvalue weighted by Crippen LogP contribution is 2.10. The highest BCUT2D eigenvalue weighted by atomic mass is 79.9. The van der Waals surface area contributed by atoms with Crippen molar-refractivity contribution in [3.63, 3.8) is 0 Å². The van der Waals surface area contributed by atoms with Crippen LogP contribution in [-0.2, 0) is 4.79 Å². The predicted molar refractivity (Wildman–Crippen MR) is 74.7 cm³/mol. The molecule has 2 amide bonds. The van der Waals surface area contributed by atoms with Gasteiger partial charge in [-0.25, -0.2) is 4.98 Å². The lowest BCUT2D eigenvalue weighted by atomic mass is 10.2. The van der Waals surface area contributed by atoms with E-state index in [1.807, 2.05) is 6.92 Å². The first-order chi connectivity index (χ1) is 9.06. The van der Waals surface area contributed by atoms with Crippen molar-refractivity contribution in [2.75, 3.05) is 13.1 Å². The molecule has 2 rings (SSSR count). The Kier molecular flexibility index (Phi) is 4.52. The smallest absolute Gasteiger partial charge is 0.270 e. The second-order valence-electron chi connectivity index (χ2n) is 4.66. The second-order valence-corrected chi connectivity index (χ2v) is 5.48. The van der Waals surface area contributed by atoms with E-state index in [-0.39, 0.29) is 17.9 Å². The fourth-order valence-electron chi connectivity index (χ4n) is 2.11.